The van der Waals surface area contributed by atoms with Crippen LogP contribution in [0.2, 0.25) is 0 Å². The van der Waals surface area contributed by atoms with E-state index in [2.05, 4.69) is 0 Å². The predicted octanol–water partition coefficient (Wildman–Crippen LogP) is -0.833. The normalized spacial score (nSPS) is 0. The molecule has 1 radical (unpaired) electrons. The van der Waals surface area contributed by atoms with E-state index in [9.17, 15) is 0 Å². The van der Waals surface area contributed by atoms with Crippen LogP contribution in [0, 0.1) is 0 Å². The zero-order valence-corrected chi connectivity index (χ0v) is 12.4. The van der Waals surface area contributed by atoms with E-state index in [0.29, 0.717) is 0 Å². The van der Waals surface area contributed by atoms with Crippen molar-refractivity contribution < 1.29 is 71.9 Å². The Morgan fingerprint density at radius 3 is 1.20 bits per heavy atom. The summed E-state index contributed by atoms with van der Waals surface area (Å²) in [6.07, 6.45) is 0. The van der Waals surface area contributed by atoms with E-state index in [1.807, 2.05) is 0 Å². The molecule has 0 aliphatic heterocycles. The maximum atomic E-state index is 0. The Morgan fingerprint density at radius 2 is 1.20 bits per heavy atom. The van der Waals surface area contributed by atoms with Crippen LogP contribution in [0.1, 0.15) is 2.85 Å². The fourth-order valence-electron chi connectivity index (χ4n) is 0. The molecule has 27 valence electrons. The van der Waals surface area contributed by atoms with Crippen molar-refractivity contribution in [2.45, 2.75) is 0 Å². The van der Waals surface area contributed by atoms with Gasteiger partial charge in [0.1, 0.15) is 0 Å². The standard InChI is InChI=1S/Ba.FH.H2O.Y.Zr.2H/h;1H;1H2;;;;/q+2;;;;;2*-1. The molecule has 0 saturated carbocycles. The minimum Gasteiger partial charge on any atom is -1.00 e. The summed E-state index contributed by atoms with van der Waals surface area (Å²) in [6.45, 7) is 0. The fraction of sp³-hybridized carbons (Fsp3) is 0. The minimum atomic E-state index is 0. The molecule has 5 heavy (non-hydrogen) atoms. The molecular formula is H5BaFOYZr. The summed E-state index contributed by atoms with van der Waals surface area (Å²) in [7, 11) is 0. The maximum Gasteiger partial charge on any atom is 2.00 e. The van der Waals surface area contributed by atoms with Crippen molar-refractivity contribution in [1.29, 1.82) is 0 Å². The van der Waals surface area contributed by atoms with Crippen molar-refractivity contribution in [3.05, 3.63) is 0 Å². The van der Waals surface area contributed by atoms with Crippen LogP contribution in [-0.2, 0) is 58.9 Å². The molecule has 0 aliphatic rings. The van der Waals surface area contributed by atoms with Crippen molar-refractivity contribution in [2.75, 3.05) is 0 Å². The number of halogens is 1. The van der Waals surface area contributed by atoms with E-state index in [1.165, 1.54) is 0 Å². The quantitative estimate of drug-likeness (QED) is 0.507. The smallest absolute Gasteiger partial charge is 1.00 e. The van der Waals surface area contributed by atoms with Crippen molar-refractivity contribution in [2.24, 2.45) is 0 Å². The molecule has 0 aromatic heterocycles. The molecular weight excluding hydrogens is 352 g/mol. The molecule has 0 aromatic rings. The van der Waals surface area contributed by atoms with Crippen LogP contribution >= 0.6 is 0 Å². The van der Waals surface area contributed by atoms with Gasteiger partial charge >= 0.3 is 48.9 Å². The molecule has 0 bridgehead atoms. The molecule has 0 spiro atoms. The Kier molecular flexibility index (Phi) is 205. The Hall–Kier alpha value is 3.45. The zero-order valence-electron chi connectivity index (χ0n) is 4.69. The fourth-order valence-corrected chi connectivity index (χ4v) is 0. The van der Waals surface area contributed by atoms with Crippen LogP contribution in [0.4, 0.5) is 4.70 Å². The van der Waals surface area contributed by atoms with Gasteiger partial charge in [-0.3, -0.25) is 4.70 Å². The minimum absolute atomic E-state index is 0. The third kappa shape index (κ3) is 18.6. The third-order valence-electron chi connectivity index (χ3n) is 0. The van der Waals surface area contributed by atoms with Crippen LogP contribution in [0.3, 0.4) is 0 Å². The average molecular weight is 357 g/mol. The Morgan fingerprint density at radius 1 is 1.20 bits per heavy atom. The van der Waals surface area contributed by atoms with Gasteiger partial charge in [0.05, 0.1) is 0 Å². The predicted molar refractivity (Wildman–Crippen MR) is 14.1 cm³/mol. The summed E-state index contributed by atoms with van der Waals surface area (Å²) >= 11 is 0. The van der Waals surface area contributed by atoms with E-state index in [4.69, 9.17) is 0 Å². The van der Waals surface area contributed by atoms with Crippen molar-refractivity contribution in [3.8, 4) is 0 Å². The van der Waals surface area contributed by atoms with Gasteiger partial charge in [0, 0.05) is 58.9 Å². The van der Waals surface area contributed by atoms with Crippen molar-refractivity contribution in [3.63, 3.8) is 0 Å². The Balaban J connectivity index is 0. The summed E-state index contributed by atoms with van der Waals surface area (Å²) in [5, 5.41) is 0. The summed E-state index contributed by atoms with van der Waals surface area (Å²) in [4.78, 5) is 0. The van der Waals surface area contributed by atoms with Gasteiger partial charge in [0.2, 0.25) is 0 Å². The first-order valence-corrected chi connectivity index (χ1v) is 0. The van der Waals surface area contributed by atoms with Gasteiger partial charge in [-0.1, -0.05) is 0 Å². The van der Waals surface area contributed by atoms with E-state index < -0.39 is 0 Å². The summed E-state index contributed by atoms with van der Waals surface area (Å²) in [5.74, 6) is 0. The van der Waals surface area contributed by atoms with Gasteiger partial charge in [-0.2, -0.15) is 0 Å². The van der Waals surface area contributed by atoms with E-state index in [1.54, 1.807) is 0 Å². The average Bonchev–Trinajstić information content (AvgIpc) is 0. The third-order valence-corrected chi connectivity index (χ3v) is 0. The molecule has 0 amide bonds. The van der Waals surface area contributed by atoms with E-state index >= 15 is 0 Å². The molecule has 2 N–H and O–H groups in total. The number of rotatable bonds is 0. The largest absolute Gasteiger partial charge is 2.00 e. The number of hydrogen-bond acceptors (Lipinski definition) is 0. The van der Waals surface area contributed by atoms with Crippen LogP contribution in [0.5, 0.6) is 0 Å². The molecule has 0 heterocycles. The molecule has 0 aromatic carbocycles. The molecule has 0 atom stereocenters. The van der Waals surface area contributed by atoms with Crippen LogP contribution in [-0.4, -0.2) is 54.4 Å². The zero-order chi connectivity index (χ0) is 0. The summed E-state index contributed by atoms with van der Waals surface area (Å²) in [5.41, 5.74) is 0. The second kappa shape index (κ2) is 26.0. The van der Waals surface area contributed by atoms with E-state index in [0.717, 1.165) is 0 Å². The molecule has 0 fully saturated rings. The molecule has 1 nitrogen and oxygen atoms in total. The summed E-state index contributed by atoms with van der Waals surface area (Å²) in [6, 6.07) is 0. The second-order valence-corrected chi connectivity index (χ2v) is 0. The molecule has 0 aliphatic carbocycles. The van der Waals surface area contributed by atoms with Gasteiger partial charge < -0.3 is 8.33 Å². The molecule has 5 heteroatoms. The van der Waals surface area contributed by atoms with Gasteiger partial charge in [-0.05, 0) is 0 Å². The first-order valence-electron chi connectivity index (χ1n) is 0. The van der Waals surface area contributed by atoms with Crippen molar-refractivity contribution >= 4 is 48.9 Å². The van der Waals surface area contributed by atoms with Crippen molar-refractivity contribution in [1.82, 2.24) is 0 Å². The van der Waals surface area contributed by atoms with Crippen LogP contribution in [0.15, 0.2) is 0 Å². The SMILES string of the molecule is F.O.[Ba+2].[H-].[H-].[Y].[Zr]. The first kappa shape index (κ1) is 39.4. The number of hydrogen-bond donors (Lipinski definition) is 0. The molecule has 0 saturated heterocycles. The monoisotopic (exact) mass is 357 g/mol. The van der Waals surface area contributed by atoms with Gasteiger partial charge in [-0.25, -0.2) is 0 Å². The van der Waals surface area contributed by atoms with Gasteiger partial charge in [0.25, 0.3) is 0 Å². The topological polar surface area (TPSA) is 31.5 Å². The Bertz CT molecular complexity index is 17.7. The van der Waals surface area contributed by atoms with Crippen LogP contribution < -0.4 is 0 Å². The molecule has 0 unspecified atom stereocenters. The summed E-state index contributed by atoms with van der Waals surface area (Å²) < 4.78 is 0. The first-order chi connectivity index (χ1) is 0. The van der Waals surface area contributed by atoms with Gasteiger partial charge in [-0.15, -0.1) is 0 Å². The van der Waals surface area contributed by atoms with Gasteiger partial charge in [0.15, 0.2) is 0 Å². The van der Waals surface area contributed by atoms with E-state index in [-0.39, 0.29) is 121 Å². The Labute approximate surface area is 118 Å². The second-order valence-electron chi connectivity index (χ2n) is 0. The van der Waals surface area contributed by atoms with Crippen LogP contribution in [0.25, 0.3) is 0 Å². The molecule has 0 rings (SSSR count). The maximum absolute atomic E-state index is 0.